The fourth-order valence-electron chi connectivity index (χ4n) is 3.59. The first kappa shape index (κ1) is 12.0. The van der Waals surface area contributed by atoms with Crippen LogP contribution < -0.4 is 4.90 Å². The molecule has 3 heteroatoms. The normalized spacial score (nSPS) is 27.2. The number of anilines is 1. The fraction of sp³-hybridized carbons (Fsp3) is 0.600. The van der Waals surface area contributed by atoms with E-state index in [0.717, 1.165) is 19.6 Å². The first-order valence-electron chi connectivity index (χ1n) is 6.87. The molecule has 1 saturated heterocycles. The molecule has 1 aromatic carbocycles. The Kier molecular flexibility index (Phi) is 3.04. The average molecular weight is 246 g/mol. The van der Waals surface area contributed by atoms with E-state index in [9.17, 15) is 0 Å². The summed E-state index contributed by atoms with van der Waals surface area (Å²) >= 11 is 0. The number of rotatable bonds is 2. The van der Waals surface area contributed by atoms with E-state index < -0.39 is 0 Å². The third-order valence-corrected chi connectivity index (χ3v) is 4.54. The summed E-state index contributed by atoms with van der Waals surface area (Å²) in [5.41, 5.74) is 4.26. The maximum atomic E-state index is 9.10. The summed E-state index contributed by atoms with van der Waals surface area (Å²) in [6.45, 7) is 5.45. The van der Waals surface area contributed by atoms with E-state index in [1.807, 2.05) is 0 Å². The molecule has 1 aromatic rings. The number of piperidine rings is 1. The highest BCUT2D eigenvalue weighted by atomic mass is 16.3. The molecule has 2 aliphatic heterocycles. The lowest BCUT2D eigenvalue weighted by Gasteiger charge is -2.37. The van der Waals surface area contributed by atoms with E-state index in [1.165, 1.54) is 23.2 Å². The molecule has 0 aliphatic carbocycles. The highest BCUT2D eigenvalue weighted by Gasteiger charge is 2.39. The van der Waals surface area contributed by atoms with Gasteiger partial charge in [0.15, 0.2) is 0 Å². The Labute approximate surface area is 109 Å². The summed E-state index contributed by atoms with van der Waals surface area (Å²) in [4.78, 5) is 4.85. The highest BCUT2D eigenvalue weighted by Crippen LogP contribution is 2.43. The van der Waals surface area contributed by atoms with E-state index in [1.54, 1.807) is 0 Å². The monoisotopic (exact) mass is 246 g/mol. The Morgan fingerprint density at radius 1 is 1.39 bits per heavy atom. The molecule has 0 aromatic heterocycles. The van der Waals surface area contributed by atoms with Crippen LogP contribution in [0.1, 0.15) is 23.5 Å². The van der Waals surface area contributed by atoms with Crippen molar-refractivity contribution in [3.05, 3.63) is 29.3 Å². The molecular weight excluding hydrogens is 224 g/mol. The van der Waals surface area contributed by atoms with Gasteiger partial charge in [0.25, 0.3) is 0 Å². The van der Waals surface area contributed by atoms with Crippen LogP contribution in [0.2, 0.25) is 0 Å². The van der Waals surface area contributed by atoms with Crippen molar-refractivity contribution in [3.63, 3.8) is 0 Å². The summed E-state index contributed by atoms with van der Waals surface area (Å²) in [6.07, 6.45) is 1.20. The summed E-state index contributed by atoms with van der Waals surface area (Å²) < 4.78 is 0. The predicted molar refractivity (Wildman–Crippen MR) is 74.3 cm³/mol. The van der Waals surface area contributed by atoms with E-state index in [0.29, 0.717) is 12.0 Å². The summed E-state index contributed by atoms with van der Waals surface area (Å²) in [5, 5.41) is 9.10. The van der Waals surface area contributed by atoms with Gasteiger partial charge in [0.2, 0.25) is 0 Å². The quantitative estimate of drug-likeness (QED) is 0.858. The van der Waals surface area contributed by atoms with Gasteiger partial charge in [-0.25, -0.2) is 0 Å². The zero-order chi connectivity index (χ0) is 12.7. The molecule has 0 bridgehead atoms. The van der Waals surface area contributed by atoms with Crippen LogP contribution in [0.4, 0.5) is 5.69 Å². The number of aryl methyl sites for hydroxylation is 1. The molecule has 1 N–H and O–H groups in total. The molecule has 98 valence electrons. The van der Waals surface area contributed by atoms with Crippen molar-refractivity contribution in [3.8, 4) is 0 Å². The Hall–Kier alpha value is -1.06. The van der Waals surface area contributed by atoms with Crippen LogP contribution in [0, 0.1) is 6.92 Å². The average Bonchev–Trinajstić information content (AvgIpc) is 2.63. The van der Waals surface area contributed by atoms with Crippen molar-refractivity contribution in [1.82, 2.24) is 4.90 Å². The number of nitrogens with zero attached hydrogens (tertiary/aromatic N) is 2. The Morgan fingerprint density at radius 3 is 3.00 bits per heavy atom. The molecule has 2 unspecified atom stereocenters. The Morgan fingerprint density at radius 2 is 2.22 bits per heavy atom. The lowest BCUT2D eigenvalue weighted by atomic mass is 9.88. The zero-order valence-corrected chi connectivity index (χ0v) is 11.3. The molecule has 0 saturated carbocycles. The van der Waals surface area contributed by atoms with Gasteiger partial charge in [-0.1, -0.05) is 17.7 Å². The Bertz CT molecular complexity index is 446. The minimum absolute atomic E-state index is 0.272. The van der Waals surface area contributed by atoms with Crippen molar-refractivity contribution in [1.29, 1.82) is 0 Å². The minimum atomic E-state index is 0.272. The third-order valence-electron chi connectivity index (χ3n) is 4.54. The van der Waals surface area contributed by atoms with Gasteiger partial charge in [-0.2, -0.15) is 0 Å². The number of aliphatic hydroxyl groups is 1. The highest BCUT2D eigenvalue weighted by molar-refractivity contribution is 5.62. The predicted octanol–water partition coefficient (Wildman–Crippen LogP) is 1.60. The number of hydrogen-bond acceptors (Lipinski definition) is 3. The van der Waals surface area contributed by atoms with Crippen molar-refractivity contribution >= 4 is 5.69 Å². The van der Waals surface area contributed by atoms with Gasteiger partial charge in [0.1, 0.15) is 0 Å². The van der Waals surface area contributed by atoms with E-state index in [-0.39, 0.29) is 6.61 Å². The van der Waals surface area contributed by atoms with Gasteiger partial charge >= 0.3 is 0 Å². The number of aliphatic hydroxyl groups excluding tert-OH is 1. The van der Waals surface area contributed by atoms with Gasteiger partial charge in [0.05, 0.1) is 6.61 Å². The van der Waals surface area contributed by atoms with Crippen LogP contribution in [0.3, 0.4) is 0 Å². The second-order valence-corrected chi connectivity index (χ2v) is 5.66. The molecule has 18 heavy (non-hydrogen) atoms. The van der Waals surface area contributed by atoms with E-state index in [4.69, 9.17) is 5.11 Å². The molecule has 1 fully saturated rings. The number of likely N-dealkylation sites (N-methyl/N-ethyl adjacent to an activating group) is 1. The fourth-order valence-corrected chi connectivity index (χ4v) is 3.59. The van der Waals surface area contributed by atoms with Crippen LogP contribution in [0.15, 0.2) is 18.2 Å². The maximum Gasteiger partial charge on any atom is 0.0558 e. The second-order valence-electron chi connectivity index (χ2n) is 5.66. The van der Waals surface area contributed by atoms with Crippen LogP contribution in [0.5, 0.6) is 0 Å². The molecule has 0 amide bonds. The van der Waals surface area contributed by atoms with Crippen molar-refractivity contribution in [2.75, 3.05) is 38.2 Å². The van der Waals surface area contributed by atoms with Gasteiger partial charge in [-0.05, 0) is 25.0 Å². The van der Waals surface area contributed by atoms with Crippen molar-refractivity contribution in [2.45, 2.75) is 25.3 Å². The number of β-amino-alcohol motifs (C(OH)–C–C–N with tert-alkyl or cyclic N) is 1. The largest absolute Gasteiger partial charge is 0.395 e. The molecule has 2 heterocycles. The van der Waals surface area contributed by atoms with Crippen LogP contribution in [0.25, 0.3) is 0 Å². The summed E-state index contributed by atoms with van der Waals surface area (Å²) in [6, 6.07) is 7.47. The van der Waals surface area contributed by atoms with Crippen molar-refractivity contribution < 1.29 is 5.11 Å². The summed E-state index contributed by atoms with van der Waals surface area (Å²) in [5.74, 6) is 0.616. The lowest BCUT2D eigenvalue weighted by molar-refractivity contribution is 0.154. The van der Waals surface area contributed by atoms with E-state index >= 15 is 0 Å². The first-order valence-corrected chi connectivity index (χ1v) is 6.87. The zero-order valence-electron chi connectivity index (χ0n) is 11.3. The minimum Gasteiger partial charge on any atom is -0.395 e. The van der Waals surface area contributed by atoms with Gasteiger partial charge < -0.3 is 14.9 Å². The van der Waals surface area contributed by atoms with Gasteiger partial charge in [-0.3, -0.25) is 0 Å². The SMILES string of the molecule is Cc1ccc2c(c1)C1CN(CCO)CCC1N2C. The second kappa shape index (κ2) is 4.56. The standard InChI is InChI=1S/C15H22N2O/c1-11-3-4-14-12(9-11)13-10-17(7-8-18)6-5-15(13)16(14)2/h3-4,9,13,15,18H,5-8,10H2,1-2H3. The number of benzene rings is 1. The maximum absolute atomic E-state index is 9.10. The smallest absolute Gasteiger partial charge is 0.0558 e. The molecule has 3 nitrogen and oxygen atoms in total. The topological polar surface area (TPSA) is 26.7 Å². The van der Waals surface area contributed by atoms with E-state index in [2.05, 4.69) is 42.0 Å². The Balaban J connectivity index is 1.90. The molecule has 2 atom stereocenters. The van der Waals surface area contributed by atoms with Gasteiger partial charge in [-0.15, -0.1) is 0 Å². The number of fused-ring (bicyclic) bond motifs is 3. The third kappa shape index (κ3) is 1.82. The molecule has 3 rings (SSSR count). The molecular formula is C15H22N2O. The first-order chi connectivity index (χ1) is 8.70. The molecule has 0 spiro atoms. The van der Waals surface area contributed by atoms with Crippen LogP contribution in [-0.2, 0) is 0 Å². The molecule has 2 aliphatic rings. The summed E-state index contributed by atoms with van der Waals surface area (Å²) in [7, 11) is 2.22. The van der Waals surface area contributed by atoms with Crippen LogP contribution >= 0.6 is 0 Å². The number of likely N-dealkylation sites (tertiary alicyclic amines) is 1. The number of hydrogen-bond donors (Lipinski definition) is 1. The lowest BCUT2D eigenvalue weighted by Crippen LogP contribution is -2.45. The van der Waals surface area contributed by atoms with Crippen LogP contribution in [-0.4, -0.2) is 49.3 Å². The van der Waals surface area contributed by atoms with Gasteiger partial charge in [0, 0.05) is 44.3 Å². The molecule has 0 radical (unpaired) electrons. The van der Waals surface area contributed by atoms with Crippen molar-refractivity contribution in [2.24, 2.45) is 0 Å².